The second-order valence-corrected chi connectivity index (χ2v) is 9.58. The van der Waals surface area contributed by atoms with Crippen LogP contribution in [0.3, 0.4) is 0 Å². The molecule has 0 saturated heterocycles. The normalized spacial score (nSPS) is 13.1. The molecule has 0 rings (SSSR count). The Hall–Kier alpha value is 0.390. The van der Waals surface area contributed by atoms with Crippen molar-refractivity contribution in [2.24, 2.45) is 0 Å². The Bertz CT molecular complexity index is 108. The van der Waals surface area contributed by atoms with Gasteiger partial charge in [-0.1, -0.05) is 0 Å². The summed E-state index contributed by atoms with van der Waals surface area (Å²) in [4.78, 5) is 0. The summed E-state index contributed by atoms with van der Waals surface area (Å²) >= 11 is 0. The standard InChI is InChI=1S/C12H29OP/c1-4-9-14(10-5-2,11-6-3)12-7-8-13/h13-14H,4-12H2,1-3H3. The second-order valence-electron chi connectivity index (χ2n) is 4.58. The first-order chi connectivity index (χ1) is 6.74. The molecule has 0 aliphatic carbocycles. The Morgan fingerprint density at radius 1 is 0.786 bits per heavy atom. The van der Waals surface area contributed by atoms with Crippen molar-refractivity contribution in [3.8, 4) is 0 Å². The minimum atomic E-state index is -0.976. The van der Waals surface area contributed by atoms with E-state index in [0.717, 1.165) is 6.42 Å². The van der Waals surface area contributed by atoms with Gasteiger partial charge in [-0.2, -0.15) is 0 Å². The van der Waals surface area contributed by atoms with Crippen molar-refractivity contribution in [2.75, 3.05) is 31.3 Å². The Kier molecular flexibility index (Phi) is 8.92. The fourth-order valence-corrected chi connectivity index (χ4v) is 8.39. The van der Waals surface area contributed by atoms with Crippen LogP contribution in [-0.4, -0.2) is 36.4 Å². The van der Waals surface area contributed by atoms with Crippen LogP contribution in [0.25, 0.3) is 0 Å². The van der Waals surface area contributed by atoms with Crippen molar-refractivity contribution in [3.05, 3.63) is 0 Å². The van der Waals surface area contributed by atoms with E-state index in [0.29, 0.717) is 6.61 Å². The second kappa shape index (κ2) is 8.68. The predicted molar refractivity (Wildman–Crippen MR) is 70.4 cm³/mol. The van der Waals surface area contributed by atoms with Crippen molar-refractivity contribution >= 4 is 7.26 Å². The molecule has 0 radical (unpaired) electrons. The first kappa shape index (κ1) is 14.4. The van der Waals surface area contributed by atoms with Crippen LogP contribution in [0.2, 0.25) is 0 Å². The molecule has 0 aromatic heterocycles. The van der Waals surface area contributed by atoms with Crippen molar-refractivity contribution in [1.82, 2.24) is 0 Å². The summed E-state index contributed by atoms with van der Waals surface area (Å²) in [6.45, 7) is 7.33. The van der Waals surface area contributed by atoms with Gasteiger partial charge in [-0.05, 0) is 0 Å². The van der Waals surface area contributed by atoms with E-state index in [4.69, 9.17) is 5.11 Å². The van der Waals surface area contributed by atoms with E-state index in [-0.39, 0.29) is 0 Å². The molecule has 0 aromatic rings. The van der Waals surface area contributed by atoms with Gasteiger partial charge in [-0.15, -0.1) is 0 Å². The number of hydrogen-bond donors (Lipinski definition) is 1. The van der Waals surface area contributed by atoms with E-state index in [1.54, 1.807) is 0 Å². The fourth-order valence-electron chi connectivity index (χ4n) is 2.80. The number of hydrogen-bond acceptors (Lipinski definition) is 1. The molecule has 0 atom stereocenters. The van der Waals surface area contributed by atoms with Crippen LogP contribution < -0.4 is 0 Å². The average Bonchev–Trinajstić information content (AvgIpc) is 2.16. The van der Waals surface area contributed by atoms with Crippen molar-refractivity contribution in [1.29, 1.82) is 0 Å². The third-order valence-electron chi connectivity index (χ3n) is 3.21. The van der Waals surface area contributed by atoms with Crippen LogP contribution in [0.4, 0.5) is 0 Å². The molecular weight excluding hydrogens is 191 g/mol. The topological polar surface area (TPSA) is 20.2 Å². The van der Waals surface area contributed by atoms with Gasteiger partial charge in [-0.25, -0.2) is 0 Å². The van der Waals surface area contributed by atoms with Crippen molar-refractivity contribution in [2.45, 2.75) is 46.5 Å². The van der Waals surface area contributed by atoms with Gasteiger partial charge in [0.1, 0.15) is 0 Å². The van der Waals surface area contributed by atoms with Gasteiger partial charge < -0.3 is 0 Å². The third kappa shape index (κ3) is 5.32. The third-order valence-corrected chi connectivity index (χ3v) is 9.30. The van der Waals surface area contributed by atoms with Crippen molar-refractivity contribution < 1.29 is 5.11 Å². The molecule has 0 unspecified atom stereocenters. The molecule has 14 heavy (non-hydrogen) atoms. The van der Waals surface area contributed by atoms with Gasteiger partial charge in [0, 0.05) is 0 Å². The summed E-state index contributed by atoms with van der Waals surface area (Å²) in [5.74, 6) is 0. The first-order valence-electron chi connectivity index (χ1n) is 6.35. The molecule has 0 aliphatic heterocycles. The van der Waals surface area contributed by atoms with E-state index in [2.05, 4.69) is 20.8 Å². The summed E-state index contributed by atoms with van der Waals surface area (Å²) < 4.78 is 0. The zero-order chi connectivity index (χ0) is 10.9. The van der Waals surface area contributed by atoms with Gasteiger partial charge in [0.25, 0.3) is 0 Å². The first-order valence-corrected chi connectivity index (χ1v) is 9.18. The number of aliphatic hydroxyl groups excluding tert-OH is 1. The van der Waals surface area contributed by atoms with Gasteiger partial charge in [0.05, 0.1) is 0 Å². The average molecular weight is 220 g/mol. The number of aliphatic hydroxyl groups is 1. The molecule has 0 bridgehead atoms. The maximum atomic E-state index is 8.96. The molecule has 2 heteroatoms. The van der Waals surface area contributed by atoms with Crippen LogP contribution in [-0.2, 0) is 0 Å². The molecule has 0 fully saturated rings. The molecule has 0 saturated carbocycles. The molecule has 0 aromatic carbocycles. The zero-order valence-electron chi connectivity index (χ0n) is 10.3. The van der Waals surface area contributed by atoms with E-state index >= 15 is 0 Å². The van der Waals surface area contributed by atoms with Crippen molar-refractivity contribution in [3.63, 3.8) is 0 Å². The van der Waals surface area contributed by atoms with Gasteiger partial charge in [0.15, 0.2) is 0 Å². The molecule has 1 N–H and O–H groups in total. The molecule has 0 aliphatic rings. The maximum absolute atomic E-state index is 8.96. The van der Waals surface area contributed by atoms with Crippen LogP contribution >= 0.6 is 7.26 Å². The molecule has 1 nitrogen and oxygen atoms in total. The molecule has 0 heterocycles. The molecular formula is C12H29OP. The van der Waals surface area contributed by atoms with E-state index in [9.17, 15) is 0 Å². The Morgan fingerprint density at radius 2 is 1.21 bits per heavy atom. The van der Waals surface area contributed by atoms with Gasteiger partial charge >= 0.3 is 90.1 Å². The SMILES string of the molecule is CCC[PH](CCC)(CCC)CCCO. The van der Waals surface area contributed by atoms with Crippen LogP contribution in [0, 0.1) is 0 Å². The minimum absolute atomic E-state index is 0.395. The van der Waals surface area contributed by atoms with Crippen LogP contribution in [0.1, 0.15) is 46.5 Å². The molecule has 0 spiro atoms. The summed E-state index contributed by atoms with van der Waals surface area (Å²) in [6, 6.07) is 0. The number of rotatable bonds is 9. The molecule has 88 valence electrons. The van der Waals surface area contributed by atoms with Crippen LogP contribution in [0.15, 0.2) is 0 Å². The monoisotopic (exact) mass is 220 g/mol. The Labute approximate surface area is 90.6 Å². The Balaban J connectivity index is 4.21. The quantitative estimate of drug-likeness (QED) is 0.591. The van der Waals surface area contributed by atoms with E-state index < -0.39 is 7.26 Å². The summed E-state index contributed by atoms with van der Waals surface area (Å²) in [7, 11) is -0.976. The zero-order valence-corrected chi connectivity index (χ0v) is 11.3. The van der Waals surface area contributed by atoms with Gasteiger partial charge in [-0.3, -0.25) is 0 Å². The predicted octanol–water partition coefficient (Wildman–Crippen LogP) is 3.35. The molecule has 0 amide bonds. The van der Waals surface area contributed by atoms with E-state index in [1.807, 2.05) is 0 Å². The fraction of sp³-hybridized carbons (Fsp3) is 1.00. The summed E-state index contributed by atoms with van der Waals surface area (Å²) in [6.07, 6.45) is 10.9. The van der Waals surface area contributed by atoms with Crippen LogP contribution in [0.5, 0.6) is 0 Å². The van der Waals surface area contributed by atoms with Gasteiger partial charge in [0.2, 0.25) is 0 Å². The summed E-state index contributed by atoms with van der Waals surface area (Å²) in [5, 5.41) is 8.96. The summed E-state index contributed by atoms with van der Waals surface area (Å²) in [5.41, 5.74) is 0. The van der Waals surface area contributed by atoms with E-state index in [1.165, 1.54) is 43.9 Å². The Morgan fingerprint density at radius 3 is 1.50 bits per heavy atom.